The molecule has 0 spiro atoms. The van der Waals surface area contributed by atoms with E-state index in [4.69, 9.17) is 33.8 Å². The van der Waals surface area contributed by atoms with E-state index in [1.807, 2.05) is 12.1 Å². The normalized spacial score (nSPS) is 8.50. The number of nitrogen functional groups attached to an aromatic ring is 4. The average Bonchev–Trinajstić information content (AvgIpc) is 2.39. The minimum atomic E-state index is -0.0911. The molecular formula is C14H20Cl4N6. The Morgan fingerprint density at radius 2 is 0.917 bits per heavy atom. The Morgan fingerprint density at radius 1 is 0.625 bits per heavy atom. The minimum absolute atomic E-state index is 0. The molecule has 10 N–H and O–H groups in total. The molecule has 0 amide bonds. The van der Waals surface area contributed by atoms with Crippen LogP contribution in [0.3, 0.4) is 0 Å². The van der Waals surface area contributed by atoms with Gasteiger partial charge in [-0.05, 0) is 35.4 Å². The van der Waals surface area contributed by atoms with Gasteiger partial charge in [0.25, 0.3) is 0 Å². The zero-order valence-corrected chi connectivity index (χ0v) is 15.7. The van der Waals surface area contributed by atoms with Gasteiger partial charge >= 0.3 is 0 Å². The highest BCUT2D eigenvalue weighted by molar-refractivity contribution is 6.02. The van der Waals surface area contributed by atoms with Crippen molar-refractivity contribution in [2.75, 3.05) is 11.5 Å². The molecule has 0 bridgehead atoms. The highest BCUT2D eigenvalue weighted by Crippen LogP contribution is 2.26. The fourth-order valence-electron chi connectivity index (χ4n) is 1.94. The second-order valence-corrected chi connectivity index (χ2v) is 4.43. The fraction of sp³-hybridized carbons (Fsp3) is 0. The number of nitrogens with one attached hydrogen (secondary N) is 2. The van der Waals surface area contributed by atoms with E-state index in [0.717, 1.165) is 11.1 Å². The van der Waals surface area contributed by atoms with Crippen molar-refractivity contribution in [1.29, 1.82) is 10.8 Å². The largest absolute Gasteiger partial charge is 0.398 e. The molecule has 0 atom stereocenters. The van der Waals surface area contributed by atoms with Crippen molar-refractivity contribution in [2.45, 2.75) is 0 Å². The van der Waals surface area contributed by atoms with E-state index < -0.39 is 0 Å². The van der Waals surface area contributed by atoms with Gasteiger partial charge in [0.1, 0.15) is 11.7 Å². The molecule has 2 rings (SSSR count). The van der Waals surface area contributed by atoms with Gasteiger partial charge in [-0.3, -0.25) is 10.8 Å². The van der Waals surface area contributed by atoms with Crippen LogP contribution in [0.4, 0.5) is 11.4 Å². The average molecular weight is 414 g/mol. The lowest BCUT2D eigenvalue weighted by atomic mass is 9.98. The van der Waals surface area contributed by atoms with E-state index in [-0.39, 0.29) is 61.3 Å². The van der Waals surface area contributed by atoms with Crippen molar-refractivity contribution in [2.24, 2.45) is 11.5 Å². The molecule has 0 aliphatic heterocycles. The summed E-state index contributed by atoms with van der Waals surface area (Å²) in [6.07, 6.45) is 0. The molecule has 0 aliphatic rings. The Labute approximate surface area is 165 Å². The summed E-state index contributed by atoms with van der Waals surface area (Å²) in [5.74, 6) is -0.182. The van der Waals surface area contributed by atoms with Gasteiger partial charge in [0, 0.05) is 22.5 Å². The fourth-order valence-corrected chi connectivity index (χ4v) is 1.94. The summed E-state index contributed by atoms with van der Waals surface area (Å²) in [7, 11) is 0. The lowest BCUT2D eigenvalue weighted by Crippen LogP contribution is -2.14. The van der Waals surface area contributed by atoms with Gasteiger partial charge in [-0.1, -0.05) is 12.1 Å². The van der Waals surface area contributed by atoms with Crippen molar-refractivity contribution in [1.82, 2.24) is 0 Å². The van der Waals surface area contributed by atoms with Gasteiger partial charge in [0.05, 0.1) is 0 Å². The molecule has 10 heteroatoms. The number of hydrogen-bond acceptors (Lipinski definition) is 4. The maximum Gasteiger partial charge on any atom is 0.124 e. The second kappa shape index (κ2) is 10.8. The molecule has 0 heterocycles. The third kappa shape index (κ3) is 5.65. The van der Waals surface area contributed by atoms with E-state index in [0.29, 0.717) is 22.5 Å². The molecule has 0 aromatic heterocycles. The summed E-state index contributed by atoms with van der Waals surface area (Å²) >= 11 is 0. The summed E-state index contributed by atoms with van der Waals surface area (Å²) in [5, 5.41) is 15.0. The first-order valence-corrected chi connectivity index (χ1v) is 5.88. The summed E-state index contributed by atoms with van der Waals surface area (Å²) in [6.45, 7) is 0. The number of halogens is 4. The third-order valence-corrected chi connectivity index (χ3v) is 3.02. The third-order valence-electron chi connectivity index (χ3n) is 3.02. The molecule has 2 aromatic rings. The van der Waals surface area contributed by atoms with Crippen LogP contribution in [0.1, 0.15) is 11.1 Å². The first-order chi connectivity index (χ1) is 9.40. The Hall–Kier alpha value is -1.86. The molecule has 0 radical (unpaired) electrons. The van der Waals surface area contributed by atoms with Crippen LogP contribution in [-0.4, -0.2) is 11.7 Å². The Morgan fingerprint density at radius 3 is 1.17 bits per heavy atom. The highest BCUT2D eigenvalue weighted by Gasteiger charge is 2.08. The molecule has 2 aromatic carbocycles. The van der Waals surface area contributed by atoms with Crippen LogP contribution in [-0.2, 0) is 0 Å². The summed E-state index contributed by atoms with van der Waals surface area (Å²) in [6, 6.07) is 10.5. The summed E-state index contributed by atoms with van der Waals surface area (Å²) in [4.78, 5) is 0. The van der Waals surface area contributed by atoms with Crippen LogP contribution in [0, 0.1) is 10.8 Å². The molecule has 134 valence electrons. The number of anilines is 2. The van der Waals surface area contributed by atoms with Crippen molar-refractivity contribution in [3.8, 4) is 11.1 Å². The summed E-state index contributed by atoms with van der Waals surface area (Å²) < 4.78 is 0. The van der Waals surface area contributed by atoms with Crippen molar-refractivity contribution in [3.05, 3.63) is 47.5 Å². The van der Waals surface area contributed by atoms with Crippen LogP contribution in [0.2, 0.25) is 0 Å². The van der Waals surface area contributed by atoms with Gasteiger partial charge in [-0.15, -0.1) is 49.6 Å². The van der Waals surface area contributed by atoms with E-state index in [1.54, 1.807) is 24.3 Å². The quantitative estimate of drug-likeness (QED) is 0.260. The van der Waals surface area contributed by atoms with E-state index in [2.05, 4.69) is 0 Å². The molecule has 0 aliphatic carbocycles. The minimum Gasteiger partial charge on any atom is -0.398 e. The number of hydrogen-bond donors (Lipinski definition) is 6. The molecule has 24 heavy (non-hydrogen) atoms. The molecular weight excluding hydrogens is 394 g/mol. The second-order valence-electron chi connectivity index (χ2n) is 4.43. The smallest absolute Gasteiger partial charge is 0.124 e. The zero-order valence-electron chi connectivity index (χ0n) is 12.4. The van der Waals surface area contributed by atoms with Crippen LogP contribution in [0.15, 0.2) is 36.4 Å². The molecule has 0 saturated carbocycles. The van der Waals surface area contributed by atoms with E-state index >= 15 is 0 Å². The number of nitrogens with two attached hydrogens (primary N) is 4. The molecule has 0 unspecified atom stereocenters. The maximum atomic E-state index is 7.50. The van der Waals surface area contributed by atoms with Crippen LogP contribution >= 0.6 is 49.6 Å². The van der Waals surface area contributed by atoms with Gasteiger partial charge in [0.2, 0.25) is 0 Å². The van der Waals surface area contributed by atoms with E-state index in [1.165, 1.54) is 0 Å². The predicted molar refractivity (Wildman–Crippen MR) is 112 cm³/mol. The first-order valence-electron chi connectivity index (χ1n) is 5.88. The van der Waals surface area contributed by atoms with Crippen LogP contribution in [0.5, 0.6) is 0 Å². The van der Waals surface area contributed by atoms with Gasteiger partial charge in [-0.25, -0.2) is 0 Å². The Kier molecular flexibility index (Phi) is 12.2. The molecule has 6 nitrogen and oxygen atoms in total. The summed E-state index contributed by atoms with van der Waals surface area (Å²) in [5.41, 5.74) is 26.0. The van der Waals surface area contributed by atoms with Crippen LogP contribution < -0.4 is 22.9 Å². The maximum absolute atomic E-state index is 7.50. The highest BCUT2D eigenvalue weighted by atomic mass is 35.5. The van der Waals surface area contributed by atoms with Gasteiger partial charge in [-0.2, -0.15) is 0 Å². The van der Waals surface area contributed by atoms with E-state index in [9.17, 15) is 0 Å². The van der Waals surface area contributed by atoms with Crippen molar-refractivity contribution >= 4 is 72.7 Å². The Balaban J connectivity index is -0.00000110. The number of amidine groups is 2. The van der Waals surface area contributed by atoms with Crippen molar-refractivity contribution in [3.63, 3.8) is 0 Å². The first kappa shape index (κ1) is 27.0. The number of benzene rings is 2. The predicted octanol–water partition coefficient (Wildman–Crippen LogP) is 2.77. The number of rotatable bonds is 3. The van der Waals surface area contributed by atoms with Gasteiger partial charge in [0.15, 0.2) is 0 Å². The van der Waals surface area contributed by atoms with Crippen molar-refractivity contribution < 1.29 is 0 Å². The lowest BCUT2D eigenvalue weighted by molar-refractivity contribution is 1.41. The monoisotopic (exact) mass is 412 g/mol. The van der Waals surface area contributed by atoms with Crippen LogP contribution in [0.25, 0.3) is 11.1 Å². The standard InChI is InChI=1S/C14H16N6.4ClH/c15-11-3-1-7(5-9(11)13(17)18)8-2-4-12(16)10(6-8)14(19)20;;;;/h1-6H,15-16H2,(H3,17,18)(H3,19,20);4*1H. The zero-order chi connectivity index (χ0) is 14.9. The molecule has 0 fully saturated rings. The Bertz CT molecular complexity index is 659. The van der Waals surface area contributed by atoms with Gasteiger partial charge < -0.3 is 22.9 Å². The topological polar surface area (TPSA) is 152 Å². The lowest BCUT2D eigenvalue weighted by Gasteiger charge is -2.10. The SMILES string of the molecule is Cl.Cl.Cl.Cl.N=C(N)c1cc(-c2ccc(N)c(C(=N)N)c2)ccc1N. The molecule has 0 saturated heterocycles.